The van der Waals surface area contributed by atoms with Crippen molar-refractivity contribution in [1.82, 2.24) is 5.32 Å². The predicted octanol–water partition coefficient (Wildman–Crippen LogP) is 2.81. The minimum atomic E-state index is -3.88. The third-order valence-electron chi connectivity index (χ3n) is 5.45. The van der Waals surface area contributed by atoms with Gasteiger partial charge in [-0.05, 0) is 55.5 Å². The molecule has 0 aliphatic heterocycles. The van der Waals surface area contributed by atoms with Crippen LogP contribution in [0.2, 0.25) is 0 Å². The molecule has 2 N–H and O–H groups in total. The highest BCUT2D eigenvalue weighted by Crippen LogP contribution is 2.49. The SMILES string of the molecule is COc1ccc(OC)c(S(=O)(=O)Nc2ccc(C3(C(=O)NC4CC4)CC3)cc2)c1. The standard InChI is InChI=1S/C21H24N2O5S/c1-27-17-9-10-18(28-2)19(13-17)29(25,26)23-16-5-3-14(4-6-16)21(11-12-21)20(24)22-15-7-8-15/h3-6,9-10,13,15,23H,7-8,11-12H2,1-2H3,(H,22,24). The van der Waals surface area contributed by atoms with Gasteiger partial charge in [-0.2, -0.15) is 0 Å². The lowest BCUT2D eigenvalue weighted by Crippen LogP contribution is -2.36. The molecule has 2 aliphatic carbocycles. The number of rotatable bonds is 8. The summed E-state index contributed by atoms with van der Waals surface area (Å²) in [7, 11) is -0.996. The minimum absolute atomic E-state index is 0.00843. The Morgan fingerprint density at radius 3 is 2.28 bits per heavy atom. The number of carbonyl (C=O) groups is 1. The van der Waals surface area contributed by atoms with Gasteiger partial charge in [0.25, 0.3) is 10.0 Å². The van der Waals surface area contributed by atoms with Crippen LogP contribution in [0.1, 0.15) is 31.2 Å². The summed E-state index contributed by atoms with van der Waals surface area (Å²) >= 11 is 0. The zero-order valence-corrected chi connectivity index (χ0v) is 17.2. The number of carbonyl (C=O) groups excluding carboxylic acids is 1. The third-order valence-corrected chi connectivity index (χ3v) is 6.85. The van der Waals surface area contributed by atoms with Crippen molar-refractivity contribution in [3.8, 4) is 11.5 Å². The summed E-state index contributed by atoms with van der Waals surface area (Å²) < 4.78 is 38.6. The Morgan fingerprint density at radius 1 is 1.03 bits per heavy atom. The van der Waals surface area contributed by atoms with Gasteiger partial charge in [0.15, 0.2) is 0 Å². The van der Waals surface area contributed by atoms with Gasteiger partial charge in [0, 0.05) is 17.8 Å². The Labute approximate surface area is 170 Å². The molecule has 0 spiro atoms. The van der Waals surface area contributed by atoms with Crippen molar-refractivity contribution >= 4 is 21.6 Å². The molecule has 154 valence electrons. The van der Waals surface area contributed by atoms with Crippen LogP contribution in [0, 0.1) is 0 Å². The Balaban J connectivity index is 1.53. The molecular weight excluding hydrogens is 392 g/mol. The average molecular weight is 416 g/mol. The summed E-state index contributed by atoms with van der Waals surface area (Å²) in [5.41, 5.74) is 0.866. The molecule has 0 radical (unpaired) electrons. The molecule has 4 rings (SSSR count). The van der Waals surface area contributed by atoms with E-state index in [1.807, 2.05) is 12.1 Å². The highest BCUT2D eigenvalue weighted by atomic mass is 32.2. The lowest BCUT2D eigenvalue weighted by molar-refractivity contribution is -0.123. The third kappa shape index (κ3) is 3.89. The second kappa shape index (κ2) is 7.26. The number of ether oxygens (including phenoxy) is 2. The molecule has 0 unspecified atom stereocenters. The number of hydrogen-bond donors (Lipinski definition) is 2. The van der Waals surface area contributed by atoms with Crippen LogP contribution >= 0.6 is 0 Å². The van der Waals surface area contributed by atoms with Gasteiger partial charge in [-0.15, -0.1) is 0 Å². The van der Waals surface area contributed by atoms with Gasteiger partial charge in [0.2, 0.25) is 5.91 Å². The predicted molar refractivity (Wildman–Crippen MR) is 109 cm³/mol. The van der Waals surface area contributed by atoms with E-state index in [1.165, 1.54) is 20.3 Å². The van der Waals surface area contributed by atoms with E-state index in [0.29, 0.717) is 17.5 Å². The largest absolute Gasteiger partial charge is 0.497 e. The van der Waals surface area contributed by atoms with Gasteiger partial charge >= 0.3 is 0 Å². The molecule has 0 aromatic heterocycles. The van der Waals surface area contributed by atoms with Gasteiger partial charge in [0.1, 0.15) is 16.4 Å². The number of hydrogen-bond acceptors (Lipinski definition) is 5. The smallest absolute Gasteiger partial charge is 0.265 e. The van der Waals surface area contributed by atoms with Gasteiger partial charge in [-0.1, -0.05) is 12.1 Å². The molecule has 0 saturated heterocycles. The van der Waals surface area contributed by atoms with Crippen molar-refractivity contribution in [3.63, 3.8) is 0 Å². The van der Waals surface area contributed by atoms with Crippen molar-refractivity contribution in [2.75, 3.05) is 18.9 Å². The molecule has 2 aromatic carbocycles. The molecule has 0 heterocycles. The first-order chi connectivity index (χ1) is 13.9. The maximum atomic E-state index is 12.9. The Bertz CT molecular complexity index is 1030. The first kappa shape index (κ1) is 19.6. The minimum Gasteiger partial charge on any atom is -0.497 e. The number of sulfonamides is 1. The molecule has 2 saturated carbocycles. The van der Waals surface area contributed by atoms with E-state index >= 15 is 0 Å². The van der Waals surface area contributed by atoms with Crippen LogP contribution in [0.15, 0.2) is 47.4 Å². The summed E-state index contributed by atoms with van der Waals surface area (Å²) in [6.45, 7) is 0. The second-order valence-electron chi connectivity index (χ2n) is 7.53. The van der Waals surface area contributed by atoms with E-state index in [9.17, 15) is 13.2 Å². The van der Waals surface area contributed by atoms with Crippen LogP contribution in [-0.4, -0.2) is 34.6 Å². The van der Waals surface area contributed by atoms with Gasteiger partial charge in [-0.3, -0.25) is 9.52 Å². The lowest BCUT2D eigenvalue weighted by atomic mass is 9.95. The molecule has 1 amide bonds. The van der Waals surface area contributed by atoms with Crippen molar-refractivity contribution in [2.24, 2.45) is 0 Å². The van der Waals surface area contributed by atoms with E-state index in [1.54, 1.807) is 24.3 Å². The summed E-state index contributed by atoms with van der Waals surface area (Å²) in [6, 6.07) is 11.9. The number of nitrogens with one attached hydrogen (secondary N) is 2. The van der Waals surface area contributed by atoms with E-state index in [0.717, 1.165) is 31.2 Å². The van der Waals surface area contributed by atoms with Gasteiger partial charge < -0.3 is 14.8 Å². The number of anilines is 1. The van der Waals surface area contributed by atoms with E-state index < -0.39 is 15.4 Å². The molecule has 2 aliphatic rings. The van der Waals surface area contributed by atoms with Crippen LogP contribution < -0.4 is 19.5 Å². The van der Waals surface area contributed by atoms with Crippen LogP contribution in [-0.2, 0) is 20.2 Å². The fourth-order valence-corrected chi connectivity index (χ4v) is 4.63. The van der Waals surface area contributed by atoms with Crippen LogP contribution in [0.4, 0.5) is 5.69 Å². The zero-order chi connectivity index (χ0) is 20.6. The normalized spacial score (nSPS) is 17.3. The highest BCUT2D eigenvalue weighted by Gasteiger charge is 2.52. The van der Waals surface area contributed by atoms with Gasteiger partial charge in [0.05, 0.1) is 19.6 Å². The molecule has 29 heavy (non-hydrogen) atoms. The monoisotopic (exact) mass is 416 g/mol. The molecule has 8 heteroatoms. The fraction of sp³-hybridized carbons (Fsp3) is 0.381. The Morgan fingerprint density at radius 2 is 1.72 bits per heavy atom. The molecule has 2 aromatic rings. The van der Waals surface area contributed by atoms with Gasteiger partial charge in [-0.25, -0.2) is 8.42 Å². The number of methoxy groups -OCH3 is 2. The number of amides is 1. The topological polar surface area (TPSA) is 93.7 Å². The van der Waals surface area contributed by atoms with Crippen molar-refractivity contribution < 1.29 is 22.7 Å². The molecule has 7 nitrogen and oxygen atoms in total. The molecular formula is C21H24N2O5S. The van der Waals surface area contributed by atoms with Crippen LogP contribution in [0.3, 0.4) is 0 Å². The summed E-state index contributed by atoms with van der Waals surface area (Å²) in [4.78, 5) is 12.6. The Hall–Kier alpha value is -2.74. The number of benzene rings is 2. The summed E-state index contributed by atoms with van der Waals surface area (Å²) in [5.74, 6) is 0.719. The fourth-order valence-electron chi connectivity index (χ4n) is 3.38. The van der Waals surface area contributed by atoms with E-state index in [-0.39, 0.29) is 16.6 Å². The maximum Gasteiger partial charge on any atom is 0.265 e. The van der Waals surface area contributed by atoms with E-state index in [2.05, 4.69) is 10.0 Å². The lowest BCUT2D eigenvalue weighted by Gasteiger charge is -2.17. The quantitative estimate of drug-likeness (QED) is 0.690. The maximum absolute atomic E-state index is 12.9. The van der Waals surface area contributed by atoms with Crippen molar-refractivity contribution in [3.05, 3.63) is 48.0 Å². The zero-order valence-electron chi connectivity index (χ0n) is 16.4. The summed E-state index contributed by atoms with van der Waals surface area (Å²) in [5, 5.41) is 3.08. The molecule has 0 atom stereocenters. The van der Waals surface area contributed by atoms with Crippen molar-refractivity contribution in [2.45, 2.75) is 42.0 Å². The van der Waals surface area contributed by atoms with Crippen LogP contribution in [0.5, 0.6) is 11.5 Å². The Kier molecular flexibility index (Phi) is 4.90. The molecule has 0 bridgehead atoms. The first-order valence-electron chi connectivity index (χ1n) is 9.54. The average Bonchev–Trinajstić information content (AvgIpc) is 3.62. The highest BCUT2D eigenvalue weighted by molar-refractivity contribution is 7.92. The first-order valence-corrected chi connectivity index (χ1v) is 11.0. The summed E-state index contributed by atoms with van der Waals surface area (Å²) in [6.07, 6.45) is 3.74. The second-order valence-corrected chi connectivity index (χ2v) is 9.18. The van der Waals surface area contributed by atoms with E-state index in [4.69, 9.17) is 9.47 Å². The van der Waals surface area contributed by atoms with Crippen LogP contribution in [0.25, 0.3) is 0 Å². The van der Waals surface area contributed by atoms with Crippen molar-refractivity contribution in [1.29, 1.82) is 0 Å². The molecule has 2 fully saturated rings.